The molecule has 0 spiro atoms. The highest BCUT2D eigenvalue weighted by atomic mass is 16.5. The summed E-state index contributed by atoms with van der Waals surface area (Å²) in [7, 11) is 3.06. The largest absolute Gasteiger partial charge is 0.494 e. The monoisotopic (exact) mass is 791 g/mol. The highest BCUT2D eigenvalue weighted by molar-refractivity contribution is 5.96. The third-order valence-electron chi connectivity index (χ3n) is 9.58. The van der Waals surface area contributed by atoms with Crippen molar-refractivity contribution in [3.8, 4) is 39.8 Å². The number of carbonyl (C=O) groups is 2. The fourth-order valence-electron chi connectivity index (χ4n) is 6.31. The summed E-state index contributed by atoms with van der Waals surface area (Å²) in [4.78, 5) is 33.6. The number of amidine groups is 1. The van der Waals surface area contributed by atoms with Crippen LogP contribution < -0.4 is 25.8 Å². The number of aliphatic hydroxyl groups excluding tert-OH is 2. The maximum atomic E-state index is 12.5. The van der Waals surface area contributed by atoms with Gasteiger partial charge in [0.2, 0.25) is 0 Å². The predicted octanol–water partition coefficient (Wildman–Crippen LogP) is 6.13. The lowest BCUT2D eigenvalue weighted by Gasteiger charge is -2.14. The van der Waals surface area contributed by atoms with Crippen molar-refractivity contribution in [1.29, 1.82) is 10.7 Å². The first-order chi connectivity index (χ1) is 28.5. The number of nitrogens with one attached hydrogen (secondary N) is 3. The topological polar surface area (TPSA) is 217 Å². The second-order valence-electron chi connectivity index (χ2n) is 13.3. The van der Waals surface area contributed by atoms with Gasteiger partial charge in [0.05, 0.1) is 50.5 Å². The molecule has 7 N–H and O–H groups in total. The van der Waals surface area contributed by atoms with Crippen LogP contribution in [0, 0.1) is 30.6 Å². The van der Waals surface area contributed by atoms with Gasteiger partial charge in [-0.05, 0) is 83.6 Å². The molecule has 0 aliphatic heterocycles. The molecule has 0 bridgehead atoms. The van der Waals surface area contributed by atoms with E-state index in [1.54, 1.807) is 74.8 Å². The number of aliphatic hydroxyl groups is 2. The van der Waals surface area contributed by atoms with Crippen molar-refractivity contribution in [2.75, 3.05) is 14.2 Å². The molecule has 0 aliphatic carbocycles. The van der Waals surface area contributed by atoms with Crippen LogP contribution in [0.3, 0.4) is 0 Å². The van der Waals surface area contributed by atoms with Crippen LogP contribution >= 0.6 is 0 Å². The van der Waals surface area contributed by atoms with E-state index in [-0.39, 0.29) is 44.0 Å². The quantitative estimate of drug-likeness (QED) is 0.0581. The number of amides is 2. The highest BCUT2D eigenvalue weighted by Crippen LogP contribution is 2.27. The van der Waals surface area contributed by atoms with E-state index in [4.69, 9.17) is 25.9 Å². The van der Waals surface area contributed by atoms with Gasteiger partial charge in [0.25, 0.3) is 11.8 Å². The molecule has 2 heterocycles. The number of hydrogen-bond donors (Lipinski definition) is 6. The Morgan fingerprint density at radius 3 is 1.29 bits per heavy atom. The van der Waals surface area contributed by atoms with Crippen LogP contribution in [0.2, 0.25) is 0 Å². The van der Waals surface area contributed by atoms with Gasteiger partial charge in [0, 0.05) is 53.3 Å². The number of ether oxygens (including phenoxy) is 2. The molecule has 0 aliphatic rings. The smallest absolute Gasteiger partial charge is 0.251 e. The zero-order chi connectivity index (χ0) is 42.5. The van der Waals surface area contributed by atoms with Crippen LogP contribution in [0.5, 0.6) is 11.5 Å². The van der Waals surface area contributed by atoms with E-state index in [1.807, 2.05) is 48.5 Å². The van der Waals surface area contributed by atoms with E-state index < -0.39 is 0 Å². The molecule has 59 heavy (non-hydrogen) atoms. The second kappa shape index (κ2) is 20.1. The van der Waals surface area contributed by atoms with Crippen molar-refractivity contribution in [3.63, 3.8) is 0 Å². The molecular formula is C46H45N7O6. The van der Waals surface area contributed by atoms with Gasteiger partial charge in [0.15, 0.2) is 0 Å². The Labute approximate surface area is 342 Å². The summed E-state index contributed by atoms with van der Waals surface area (Å²) in [5, 5.41) is 41.4. The van der Waals surface area contributed by atoms with Crippen LogP contribution in [0.1, 0.15) is 65.5 Å². The first kappa shape index (κ1) is 42.7. The molecule has 4 aromatic carbocycles. The zero-order valence-corrected chi connectivity index (χ0v) is 33.2. The minimum Gasteiger partial charge on any atom is -0.494 e. The van der Waals surface area contributed by atoms with E-state index in [1.165, 1.54) is 14.2 Å². The van der Waals surface area contributed by atoms with Crippen molar-refractivity contribution in [3.05, 3.63) is 165 Å². The molecule has 0 radical (unpaired) electrons. The Morgan fingerprint density at radius 2 is 0.983 bits per heavy atom. The third-order valence-corrected chi connectivity index (χ3v) is 9.58. The first-order valence-electron chi connectivity index (χ1n) is 18.5. The number of nitrogens with zero attached hydrogens (tertiary/aromatic N) is 3. The molecule has 300 valence electrons. The van der Waals surface area contributed by atoms with Crippen molar-refractivity contribution in [1.82, 2.24) is 20.6 Å². The van der Waals surface area contributed by atoms with E-state index in [9.17, 15) is 19.8 Å². The number of pyridine rings is 2. The lowest BCUT2D eigenvalue weighted by atomic mass is 10.0. The molecule has 2 amide bonds. The van der Waals surface area contributed by atoms with Gasteiger partial charge < -0.3 is 36.1 Å². The molecule has 0 saturated carbocycles. The maximum absolute atomic E-state index is 12.5. The summed E-state index contributed by atoms with van der Waals surface area (Å²) in [5.74, 6) is 0.645. The minimum absolute atomic E-state index is 0.0271. The average molecular weight is 792 g/mol. The first-order valence-corrected chi connectivity index (χ1v) is 18.5. The summed E-state index contributed by atoms with van der Waals surface area (Å²) in [5.41, 5.74) is 15.7. The fraction of sp³-hybridized carbons (Fsp3) is 0.174. The summed E-state index contributed by atoms with van der Waals surface area (Å²) in [6, 6.07) is 31.2. The number of benzene rings is 4. The average Bonchev–Trinajstić information content (AvgIpc) is 3.27. The Balaban J connectivity index is 0.000000224. The molecule has 13 nitrogen and oxygen atoms in total. The van der Waals surface area contributed by atoms with Gasteiger partial charge in [-0.3, -0.25) is 25.0 Å². The van der Waals surface area contributed by atoms with Crippen LogP contribution in [0.25, 0.3) is 22.3 Å². The molecule has 13 heteroatoms. The van der Waals surface area contributed by atoms with Gasteiger partial charge in [-0.1, -0.05) is 60.7 Å². The highest BCUT2D eigenvalue weighted by Gasteiger charge is 2.16. The zero-order valence-electron chi connectivity index (χ0n) is 33.2. The van der Waals surface area contributed by atoms with E-state index >= 15 is 0 Å². The van der Waals surface area contributed by atoms with Crippen LogP contribution in [-0.4, -0.2) is 52.1 Å². The molecule has 6 aromatic rings. The van der Waals surface area contributed by atoms with Crippen molar-refractivity contribution < 1.29 is 29.3 Å². The summed E-state index contributed by atoms with van der Waals surface area (Å²) in [6.07, 6.45) is 3.27. The van der Waals surface area contributed by atoms with Crippen LogP contribution in [0.4, 0.5) is 0 Å². The molecular weight excluding hydrogens is 747 g/mol. The lowest BCUT2D eigenvalue weighted by Crippen LogP contribution is -2.23. The van der Waals surface area contributed by atoms with Crippen LogP contribution in [0.15, 0.2) is 109 Å². The van der Waals surface area contributed by atoms with Crippen LogP contribution in [-0.2, 0) is 26.3 Å². The number of aryl methyl sites for hydroxylation is 2. The second-order valence-corrected chi connectivity index (χ2v) is 13.3. The normalized spacial score (nSPS) is 10.4. The molecule has 0 atom stereocenters. The van der Waals surface area contributed by atoms with E-state index in [0.29, 0.717) is 67.4 Å². The SMILES string of the molecule is COc1c(C)ncc(CNC(=O)c2ccc(-c3ccc(C#N)cc3)cc2)c1CO.COc1c(C)ncc(CNC(=O)c2ccc(-c3ccc(C(=N)N)cc3)cc2)c1CO. The van der Waals surface area contributed by atoms with Crippen molar-refractivity contribution in [2.45, 2.75) is 40.2 Å². The molecule has 0 unspecified atom stereocenters. The fourth-order valence-corrected chi connectivity index (χ4v) is 6.31. The van der Waals surface area contributed by atoms with Crippen molar-refractivity contribution in [2.24, 2.45) is 5.73 Å². The van der Waals surface area contributed by atoms with Gasteiger partial charge in [0.1, 0.15) is 17.3 Å². The lowest BCUT2D eigenvalue weighted by molar-refractivity contribution is 0.0942. The minimum atomic E-state index is -0.225. The third kappa shape index (κ3) is 10.5. The number of carbonyl (C=O) groups excluding carboxylic acids is 2. The summed E-state index contributed by atoms with van der Waals surface area (Å²) in [6.45, 7) is 3.67. The number of nitriles is 1. The summed E-state index contributed by atoms with van der Waals surface area (Å²) < 4.78 is 10.6. The number of nitrogens with two attached hydrogens (primary N) is 1. The number of hydrogen-bond acceptors (Lipinski definition) is 10. The molecule has 6 rings (SSSR count). The number of rotatable bonds is 13. The molecule has 2 aromatic heterocycles. The summed E-state index contributed by atoms with van der Waals surface area (Å²) >= 11 is 0. The maximum Gasteiger partial charge on any atom is 0.251 e. The number of aromatic nitrogens is 2. The van der Waals surface area contributed by atoms with Gasteiger partial charge >= 0.3 is 0 Å². The van der Waals surface area contributed by atoms with Gasteiger partial charge in [-0.15, -0.1) is 0 Å². The van der Waals surface area contributed by atoms with E-state index in [2.05, 4.69) is 26.7 Å². The van der Waals surface area contributed by atoms with Gasteiger partial charge in [-0.2, -0.15) is 5.26 Å². The predicted molar refractivity (Wildman–Crippen MR) is 225 cm³/mol. The number of nitrogen functional groups attached to an aromatic ring is 1. The Morgan fingerprint density at radius 1 is 0.644 bits per heavy atom. The van der Waals surface area contributed by atoms with Crippen molar-refractivity contribution >= 4 is 17.6 Å². The standard InChI is InChI=1S/C23H24N4O3.C23H21N3O3/c1-14-21(30-2)20(13-28)19(11-26-14)12-27-23(29)18-9-5-16(6-10-18)15-3-7-17(8-4-15)22(24)25;1-15-22(29-2)21(14-27)20(12-25-15)13-26-23(28)19-9-7-18(8-10-19)17-5-3-16(11-24)4-6-17/h3-11,28H,12-13H2,1-2H3,(H3,24,25)(H,27,29);3-10,12,27H,13-14H2,1-2H3,(H,26,28). The van der Waals surface area contributed by atoms with E-state index in [0.717, 1.165) is 22.3 Å². The van der Waals surface area contributed by atoms with Gasteiger partial charge in [-0.25, -0.2) is 0 Å². The Hall–Kier alpha value is -7.40. The molecule has 0 saturated heterocycles. The number of methoxy groups -OCH3 is 2. The molecule has 0 fully saturated rings. The Bertz CT molecular complexity index is 2460. The Kier molecular flexibility index (Phi) is 14.6.